The number of hydrogen-bond acceptors (Lipinski definition) is 5. The summed E-state index contributed by atoms with van der Waals surface area (Å²) >= 11 is 1.71. The second-order valence-corrected chi connectivity index (χ2v) is 6.62. The number of thioether (sulfide) groups is 1. The molecule has 2 aromatic rings. The largest absolute Gasteiger partial charge is 0.493 e. The lowest BCUT2D eigenvalue weighted by Gasteiger charge is -2.12. The first-order valence-corrected chi connectivity index (χ1v) is 9.97. The fourth-order valence-corrected chi connectivity index (χ4v) is 2.84. The smallest absolute Gasteiger partial charge is 0.269 e. The van der Waals surface area contributed by atoms with Crippen molar-refractivity contribution in [2.24, 2.45) is 0 Å². The quantitative estimate of drug-likeness (QED) is 0.678. The van der Waals surface area contributed by atoms with E-state index in [2.05, 4.69) is 10.9 Å². The van der Waals surface area contributed by atoms with Crippen LogP contribution in [-0.4, -0.2) is 31.8 Å². The third-order valence-corrected chi connectivity index (χ3v) is 4.33. The molecule has 0 spiro atoms. The lowest BCUT2D eigenvalue weighted by Crippen LogP contribution is -2.41. The van der Waals surface area contributed by atoms with E-state index in [1.807, 2.05) is 25.3 Å². The molecule has 0 aliphatic rings. The molecule has 0 aromatic heterocycles. The average Bonchev–Trinajstić information content (AvgIpc) is 2.70. The van der Waals surface area contributed by atoms with Gasteiger partial charge in [0, 0.05) is 16.9 Å². The van der Waals surface area contributed by atoms with Crippen LogP contribution in [-0.2, 0) is 5.75 Å². The standard InChI is InChI=1S/C20H24N2O4S/c1-4-11-26-17-10-9-16(12-18(17)25-2)20(24)22-21-19(23)15-7-5-14(6-8-15)13-27-3/h5-10,12H,4,11,13H2,1-3H3,(H,21,23)(H,22,24). The Kier molecular flexibility index (Phi) is 8.00. The van der Waals surface area contributed by atoms with Gasteiger partial charge in [0.15, 0.2) is 11.5 Å². The first kappa shape index (κ1) is 20.6. The highest BCUT2D eigenvalue weighted by Gasteiger charge is 2.13. The van der Waals surface area contributed by atoms with Gasteiger partial charge >= 0.3 is 0 Å². The number of amides is 2. The fraction of sp³-hybridized carbons (Fsp3) is 0.300. The zero-order chi connectivity index (χ0) is 19.6. The minimum atomic E-state index is -0.442. The molecule has 27 heavy (non-hydrogen) atoms. The van der Waals surface area contributed by atoms with Crippen molar-refractivity contribution in [3.05, 3.63) is 59.2 Å². The highest BCUT2D eigenvalue weighted by molar-refractivity contribution is 7.97. The lowest BCUT2D eigenvalue weighted by atomic mass is 10.1. The normalized spacial score (nSPS) is 10.2. The number of carbonyl (C=O) groups is 2. The van der Waals surface area contributed by atoms with E-state index in [1.165, 1.54) is 7.11 Å². The van der Waals surface area contributed by atoms with E-state index in [4.69, 9.17) is 9.47 Å². The van der Waals surface area contributed by atoms with Crippen LogP contribution in [0, 0.1) is 0 Å². The monoisotopic (exact) mass is 388 g/mol. The summed E-state index contributed by atoms with van der Waals surface area (Å²) in [5.41, 5.74) is 6.80. The molecule has 0 aliphatic heterocycles. The molecule has 0 atom stereocenters. The molecule has 144 valence electrons. The van der Waals surface area contributed by atoms with E-state index < -0.39 is 5.91 Å². The predicted molar refractivity (Wildman–Crippen MR) is 107 cm³/mol. The maximum absolute atomic E-state index is 12.3. The highest BCUT2D eigenvalue weighted by Crippen LogP contribution is 2.28. The molecule has 0 heterocycles. The zero-order valence-corrected chi connectivity index (χ0v) is 16.5. The summed E-state index contributed by atoms with van der Waals surface area (Å²) < 4.78 is 10.8. The van der Waals surface area contributed by atoms with Crippen LogP contribution in [0.2, 0.25) is 0 Å². The molecule has 2 N–H and O–H groups in total. The Labute approximate surface area is 163 Å². The van der Waals surface area contributed by atoms with Gasteiger partial charge in [-0.25, -0.2) is 0 Å². The van der Waals surface area contributed by atoms with Crippen LogP contribution in [0.15, 0.2) is 42.5 Å². The van der Waals surface area contributed by atoms with Gasteiger partial charge < -0.3 is 9.47 Å². The highest BCUT2D eigenvalue weighted by atomic mass is 32.2. The molecule has 2 rings (SSSR count). The van der Waals surface area contributed by atoms with Crippen molar-refractivity contribution in [1.29, 1.82) is 0 Å². The summed E-state index contributed by atoms with van der Waals surface area (Å²) in [4.78, 5) is 24.5. The van der Waals surface area contributed by atoms with Gasteiger partial charge in [0.25, 0.3) is 11.8 Å². The first-order chi connectivity index (χ1) is 13.1. The number of ether oxygens (including phenoxy) is 2. The van der Waals surface area contributed by atoms with Crippen LogP contribution >= 0.6 is 11.8 Å². The van der Waals surface area contributed by atoms with Crippen LogP contribution in [0.25, 0.3) is 0 Å². The van der Waals surface area contributed by atoms with Crippen molar-refractivity contribution in [3.8, 4) is 11.5 Å². The number of hydrazine groups is 1. The van der Waals surface area contributed by atoms with Gasteiger partial charge in [-0.1, -0.05) is 19.1 Å². The van der Waals surface area contributed by atoms with Crippen molar-refractivity contribution < 1.29 is 19.1 Å². The van der Waals surface area contributed by atoms with Gasteiger partial charge in [-0.05, 0) is 48.6 Å². The second-order valence-electron chi connectivity index (χ2n) is 5.75. The van der Waals surface area contributed by atoms with Crippen molar-refractivity contribution in [1.82, 2.24) is 10.9 Å². The molecular weight excluding hydrogens is 364 g/mol. The van der Waals surface area contributed by atoms with Crippen LogP contribution in [0.1, 0.15) is 39.6 Å². The molecule has 6 nitrogen and oxygen atoms in total. The van der Waals surface area contributed by atoms with Crippen LogP contribution in [0.3, 0.4) is 0 Å². The Morgan fingerprint density at radius 3 is 2.19 bits per heavy atom. The van der Waals surface area contributed by atoms with Crippen molar-refractivity contribution in [2.75, 3.05) is 20.0 Å². The van der Waals surface area contributed by atoms with E-state index in [1.54, 1.807) is 42.1 Å². The van der Waals surface area contributed by atoms with Gasteiger partial charge in [-0.3, -0.25) is 20.4 Å². The van der Waals surface area contributed by atoms with Gasteiger partial charge in [0.05, 0.1) is 13.7 Å². The summed E-state index contributed by atoms with van der Waals surface area (Å²) in [5, 5.41) is 0. The fourth-order valence-electron chi connectivity index (χ4n) is 2.32. The molecule has 0 fully saturated rings. The van der Waals surface area contributed by atoms with Crippen molar-refractivity contribution in [3.63, 3.8) is 0 Å². The molecule has 2 aromatic carbocycles. The number of rotatable bonds is 8. The summed E-state index contributed by atoms with van der Waals surface area (Å²) in [6.45, 7) is 2.57. The van der Waals surface area contributed by atoms with Crippen LogP contribution in [0.4, 0.5) is 0 Å². The molecule has 7 heteroatoms. The van der Waals surface area contributed by atoms with E-state index >= 15 is 0 Å². The predicted octanol–water partition coefficient (Wildman–Crippen LogP) is 3.42. The van der Waals surface area contributed by atoms with Gasteiger partial charge in [-0.2, -0.15) is 11.8 Å². The Morgan fingerprint density at radius 2 is 1.59 bits per heavy atom. The average molecular weight is 388 g/mol. The molecule has 0 saturated heterocycles. The van der Waals surface area contributed by atoms with Crippen molar-refractivity contribution >= 4 is 23.6 Å². The molecule has 0 unspecified atom stereocenters. The Morgan fingerprint density at radius 1 is 0.963 bits per heavy atom. The zero-order valence-electron chi connectivity index (χ0n) is 15.7. The van der Waals surface area contributed by atoms with Crippen LogP contribution in [0.5, 0.6) is 11.5 Å². The Balaban J connectivity index is 1.97. The Bertz CT molecular complexity index is 778. The number of hydrogen-bond donors (Lipinski definition) is 2. The molecule has 0 saturated carbocycles. The molecule has 0 radical (unpaired) electrons. The summed E-state index contributed by atoms with van der Waals surface area (Å²) in [5.74, 6) is 1.10. The second kappa shape index (κ2) is 10.5. The summed E-state index contributed by atoms with van der Waals surface area (Å²) in [6, 6.07) is 12.1. The molecule has 0 bridgehead atoms. The minimum absolute atomic E-state index is 0.353. The van der Waals surface area contributed by atoms with E-state index in [-0.39, 0.29) is 5.91 Å². The molecule has 0 aliphatic carbocycles. The molecule has 2 amide bonds. The SMILES string of the molecule is CCCOc1ccc(C(=O)NNC(=O)c2ccc(CSC)cc2)cc1OC. The lowest BCUT2D eigenvalue weighted by molar-refractivity contribution is 0.0846. The topological polar surface area (TPSA) is 76.7 Å². The maximum atomic E-state index is 12.3. The first-order valence-electron chi connectivity index (χ1n) is 8.58. The summed E-state index contributed by atoms with van der Waals surface area (Å²) in [6.07, 6.45) is 2.89. The molecular formula is C20H24N2O4S. The van der Waals surface area contributed by atoms with Crippen molar-refractivity contribution in [2.45, 2.75) is 19.1 Å². The number of methoxy groups -OCH3 is 1. The third-order valence-electron chi connectivity index (χ3n) is 3.70. The van der Waals surface area contributed by atoms with E-state index in [9.17, 15) is 9.59 Å². The van der Waals surface area contributed by atoms with Gasteiger partial charge in [0.1, 0.15) is 0 Å². The van der Waals surface area contributed by atoms with E-state index in [0.29, 0.717) is 29.2 Å². The number of benzene rings is 2. The van der Waals surface area contributed by atoms with E-state index in [0.717, 1.165) is 17.7 Å². The van der Waals surface area contributed by atoms with Crippen LogP contribution < -0.4 is 20.3 Å². The number of carbonyl (C=O) groups excluding carboxylic acids is 2. The Hall–Kier alpha value is -2.67. The minimum Gasteiger partial charge on any atom is -0.493 e. The van der Waals surface area contributed by atoms with Gasteiger partial charge in [-0.15, -0.1) is 0 Å². The van der Waals surface area contributed by atoms with Gasteiger partial charge in [0.2, 0.25) is 0 Å². The number of nitrogens with one attached hydrogen (secondary N) is 2. The third kappa shape index (κ3) is 5.92. The summed E-state index contributed by atoms with van der Waals surface area (Å²) in [7, 11) is 1.51. The maximum Gasteiger partial charge on any atom is 0.269 e.